The van der Waals surface area contributed by atoms with Crippen LogP contribution in [0, 0.1) is 11.6 Å². The molecule has 0 aliphatic carbocycles. The van der Waals surface area contributed by atoms with Gasteiger partial charge in [0.15, 0.2) is 0 Å². The van der Waals surface area contributed by atoms with Gasteiger partial charge in [-0.05, 0) is 24.3 Å². The Kier molecular flexibility index (Phi) is 10.6. The summed E-state index contributed by atoms with van der Waals surface area (Å²) in [4.78, 5) is 0. The fraction of sp³-hybridized carbons (Fsp3) is 0. The first-order valence-electron chi connectivity index (χ1n) is 4.76. The molecule has 19 heavy (non-hydrogen) atoms. The van der Waals surface area contributed by atoms with Gasteiger partial charge >= 0.3 is 35.3 Å². The number of benzene rings is 2. The zero-order chi connectivity index (χ0) is 14.7. The second-order valence-electron chi connectivity index (χ2n) is 3.06. The summed E-state index contributed by atoms with van der Waals surface area (Å²) in [7, 11) is 9.75. The smallest absolute Gasteiger partial charge is 0.123 e. The van der Waals surface area contributed by atoms with Crippen LogP contribution in [-0.2, 0) is 16.5 Å². The Bertz CT molecular complexity index is 367. The molecule has 0 bridgehead atoms. The maximum atomic E-state index is 12.0. The number of hydrogen-bond acceptors (Lipinski definition) is 0. The Morgan fingerprint density at radius 1 is 0.684 bits per heavy atom. The first kappa shape index (κ1) is 18.2. The third-order valence-corrected chi connectivity index (χ3v) is 1.69. The average molecular weight is 486 g/mol. The Morgan fingerprint density at radius 3 is 1.05 bits per heavy atom. The maximum Gasteiger partial charge on any atom is 0.123 e. The summed E-state index contributed by atoms with van der Waals surface area (Å²) in [5.74, 6) is -0.581. The van der Waals surface area contributed by atoms with Gasteiger partial charge in [-0.25, -0.2) is 8.78 Å². The van der Waals surface area contributed by atoms with Crippen molar-refractivity contribution in [2.75, 3.05) is 0 Å². The molecule has 0 spiro atoms. The van der Waals surface area contributed by atoms with E-state index in [1.165, 1.54) is 48.5 Å². The predicted octanol–water partition coefficient (Wildman–Crippen LogP) is 6.40. The van der Waals surface area contributed by atoms with Crippen LogP contribution in [0.4, 0.5) is 20.2 Å². The quantitative estimate of drug-likeness (QED) is 0.414. The summed E-state index contributed by atoms with van der Waals surface area (Å²) >= 11 is -0.472. The summed E-state index contributed by atoms with van der Waals surface area (Å²) in [5.41, 5.74) is 14.5. The van der Waals surface area contributed by atoms with Gasteiger partial charge in [0.2, 0.25) is 0 Å². The molecule has 2 aromatic rings. The fourth-order valence-electron chi connectivity index (χ4n) is 0.900. The van der Waals surface area contributed by atoms with Crippen LogP contribution in [0.25, 0.3) is 11.5 Å². The molecule has 0 aliphatic rings. The van der Waals surface area contributed by atoms with Crippen molar-refractivity contribution in [3.8, 4) is 0 Å². The van der Waals surface area contributed by atoms with Crippen molar-refractivity contribution in [3.05, 3.63) is 71.6 Å². The van der Waals surface area contributed by atoms with Crippen molar-refractivity contribution in [2.45, 2.75) is 0 Å². The van der Waals surface area contributed by atoms with E-state index in [1.54, 1.807) is 0 Å². The normalized spacial score (nSPS) is 8.84. The Morgan fingerprint density at radius 2 is 0.895 bits per heavy atom. The summed E-state index contributed by atoms with van der Waals surface area (Å²) < 4.78 is 24.0. The number of nitrogens with one attached hydrogen (secondary N) is 2. The summed E-state index contributed by atoms with van der Waals surface area (Å²) in [6.07, 6.45) is 0. The molecule has 2 rings (SSSR count). The Labute approximate surface area is 127 Å². The number of halogens is 4. The van der Waals surface area contributed by atoms with Gasteiger partial charge in [-0.3, -0.25) is 0 Å². The van der Waals surface area contributed by atoms with Crippen LogP contribution < -0.4 is 0 Å². The van der Waals surface area contributed by atoms with Gasteiger partial charge in [0.05, 0.1) is 0 Å². The molecule has 0 fully saturated rings. The van der Waals surface area contributed by atoms with Gasteiger partial charge in [-0.1, -0.05) is 24.3 Å². The summed E-state index contributed by atoms with van der Waals surface area (Å²) in [5, 5.41) is 0. The molecule has 0 unspecified atom stereocenters. The van der Waals surface area contributed by atoms with Gasteiger partial charge in [0, 0.05) is 0 Å². The molecule has 7 heteroatoms. The van der Waals surface area contributed by atoms with Crippen LogP contribution >= 0.6 is 18.8 Å². The van der Waals surface area contributed by atoms with E-state index in [4.69, 9.17) is 30.3 Å². The molecule has 0 atom stereocenters. The topological polar surface area (TPSA) is 47.6 Å². The van der Waals surface area contributed by atoms with Gasteiger partial charge in [0.1, 0.15) is 11.6 Å². The molecule has 106 valence electrons. The molecule has 0 saturated carbocycles. The average Bonchev–Trinajstić information content (AvgIpc) is 2.38. The first-order chi connectivity index (χ1) is 8.99. The van der Waals surface area contributed by atoms with E-state index in [2.05, 4.69) is 0 Å². The van der Waals surface area contributed by atoms with Crippen LogP contribution in [0.1, 0.15) is 0 Å². The van der Waals surface area contributed by atoms with Crippen LogP contribution in [0.15, 0.2) is 48.5 Å². The molecule has 0 aliphatic heterocycles. The van der Waals surface area contributed by atoms with Gasteiger partial charge in [-0.15, -0.1) is 11.4 Å². The molecule has 0 radical (unpaired) electrons. The van der Waals surface area contributed by atoms with E-state index in [9.17, 15) is 8.78 Å². The summed E-state index contributed by atoms with van der Waals surface area (Å²) in [6.45, 7) is 0. The maximum absolute atomic E-state index is 12.0. The van der Waals surface area contributed by atoms with Gasteiger partial charge < -0.3 is 11.5 Å². The van der Waals surface area contributed by atoms with E-state index in [-0.39, 0.29) is 11.6 Å². The monoisotopic (exact) mass is 485 g/mol. The van der Waals surface area contributed by atoms with E-state index in [1.807, 2.05) is 0 Å². The van der Waals surface area contributed by atoms with Crippen molar-refractivity contribution in [1.29, 1.82) is 0 Å². The van der Waals surface area contributed by atoms with Crippen molar-refractivity contribution >= 4 is 30.2 Å². The van der Waals surface area contributed by atoms with Crippen LogP contribution in [0.2, 0.25) is 0 Å². The van der Waals surface area contributed by atoms with Crippen LogP contribution in [-0.4, -0.2) is 0 Å². The molecule has 0 heterocycles. The molecule has 0 amide bonds. The molecule has 2 N–H and O–H groups in total. The minimum atomic E-state index is -0.472. The van der Waals surface area contributed by atoms with E-state index < -0.39 is 16.5 Å². The largest absolute Gasteiger partial charge is 0.699 e. The molecular formula is C12H10Cl2F2N2Pt. The molecular weight excluding hydrogens is 476 g/mol. The molecule has 2 aromatic carbocycles. The summed E-state index contributed by atoms with van der Waals surface area (Å²) in [6, 6.07) is 10.7. The Hall–Kier alpha value is -0.832. The van der Waals surface area contributed by atoms with Crippen molar-refractivity contribution < 1.29 is 25.3 Å². The standard InChI is InChI=1S/2C6H5FN.2ClH.Pt/c2*7-5-1-3-6(8)4-2-5;;;/h2*1-4,8H;2*1H;/q2*-1;;;+4/p-2. The van der Waals surface area contributed by atoms with E-state index in [0.717, 1.165) is 0 Å². The van der Waals surface area contributed by atoms with Gasteiger partial charge in [-0.2, -0.15) is 0 Å². The molecule has 2 nitrogen and oxygen atoms in total. The zero-order valence-corrected chi connectivity index (χ0v) is 13.2. The van der Waals surface area contributed by atoms with E-state index >= 15 is 0 Å². The van der Waals surface area contributed by atoms with Crippen LogP contribution in [0.3, 0.4) is 0 Å². The van der Waals surface area contributed by atoms with Crippen molar-refractivity contribution in [2.24, 2.45) is 0 Å². The van der Waals surface area contributed by atoms with E-state index in [0.29, 0.717) is 11.4 Å². The molecule has 0 aromatic heterocycles. The molecule has 0 saturated heterocycles. The fourth-order valence-corrected chi connectivity index (χ4v) is 0.900. The Balaban J connectivity index is 0.000000284. The minimum Gasteiger partial charge on any atom is -0.699 e. The van der Waals surface area contributed by atoms with Gasteiger partial charge in [0.25, 0.3) is 0 Å². The zero-order valence-electron chi connectivity index (χ0n) is 9.45. The number of hydrogen-bond donors (Lipinski definition) is 0. The minimum absolute atomic E-state index is 0.291. The second-order valence-corrected chi connectivity index (χ2v) is 6.34. The third-order valence-electron chi connectivity index (χ3n) is 1.69. The SMILES string of the molecule is [Cl][Pt+2][Cl].[NH-]c1ccc(F)cc1.[NH-]c1ccc(F)cc1. The van der Waals surface area contributed by atoms with Crippen molar-refractivity contribution in [3.63, 3.8) is 0 Å². The van der Waals surface area contributed by atoms with Crippen molar-refractivity contribution in [1.82, 2.24) is 0 Å². The number of rotatable bonds is 0. The predicted molar refractivity (Wildman–Crippen MR) is 72.5 cm³/mol. The van der Waals surface area contributed by atoms with Crippen LogP contribution in [0.5, 0.6) is 0 Å². The first-order valence-corrected chi connectivity index (χ1v) is 10.4. The third kappa shape index (κ3) is 10.8. The second kappa shape index (κ2) is 11.0.